The maximum Gasteiger partial charge on any atom is 0.233 e. The average Bonchev–Trinajstić information content (AvgIpc) is 2.84. The van der Waals surface area contributed by atoms with Gasteiger partial charge >= 0.3 is 0 Å². The fraction of sp³-hybridized carbons (Fsp3) is 0.0588. The van der Waals surface area contributed by atoms with Gasteiger partial charge in [-0.3, -0.25) is 4.79 Å². The summed E-state index contributed by atoms with van der Waals surface area (Å²) in [5.41, 5.74) is 1.64. The SMILES string of the molecule is Cc1nn(-c2ccccc2)c(Oc2cccc(F)c2)c1C=O. The minimum Gasteiger partial charge on any atom is -0.438 e. The molecule has 0 aliphatic rings. The number of aldehydes is 1. The van der Waals surface area contributed by atoms with Gasteiger partial charge in [0.25, 0.3) is 0 Å². The standard InChI is InChI=1S/C17H13FN2O2/c1-12-16(11-21)17(22-15-9-5-6-13(18)10-15)20(19-12)14-7-3-2-4-8-14/h2-11H,1H3. The predicted octanol–water partition coefficient (Wildman–Crippen LogP) is 3.92. The molecule has 0 saturated heterocycles. The van der Waals surface area contributed by atoms with Crippen LogP contribution in [0.1, 0.15) is 16.1 Å². The Hall–Kier alpha value is -2.95. The van der Waals surface area contributed by atoms with Crippen LogP contribution in [0.3, 0.4) is 0 Å². The molecule has 1 heterocycles. The quantitative estimate of drug-likeness (QED) is 0.685. The molecule has 0 spiro atoms. The van der Waals surface area contributed by atoms with E-state index in [-0.39, 0.29) is 5.88 Å². The summed E-state index contributed by atoms with van der Waals surface area (Å²) in [6.07, 6.45) is 0.691. The Balaban J connectivity index is 2.11. The average molecular weight is 296 g/mol. The van der Waals surface area contributed by atoms with Crippen molar-refractivity contribution in [2.45, 2.75) is 6.92 Å². The molecule has 0 fully saturated rings. The molecular formula is C17H13FN2O2. The molecule has 4 nitrogen and oxygen atoms in total. The third-order valence-electron chi connectivity index (χ3n) is 3.19. The topological polar surface area (TPSA) is 44.1 Å². The molecule has 0 aliphatic heterocycles. The van der Waals surface area contributed by atoms with Gasteiger partial charge in [0.05, 0.1) is 16.9 Å². The van der Waals surface area contributed by atoms with E-state index in [0.29, 0.717) is 23.3 Å². The fourth-order valence-corrected chi connectivity index (χ4v) is 2.14. The number of benzene rings is 2. The molecule has 3 rings (SSSR count). The van der Waals surface area contributed by atoms with Crippen LogP contribution in [0.15, 0.2) is 54.6 Å². The summed E-state index contributed by atoms with van der Waals surface area (Å²) in [7, 11) is 0. The molecule has 5 heteroatoms. The Morgan fingerprint density at radius 3 is 2.59 bits per heavy atom. The number of nitrogens with zero attached hydrogens (tertiary/aromatic N) is 2. The van der Waals surface area contributed by atoms with Crippen molar-refractivity contribution < 1.29 is 13.9 Å². The first-order valence-corrected chi connectivity index (χ1v) is 6.72. The molecule has 0 radical (unpaired) electrons. The second-order valence-electron chi connectivity index (χ2n) is 4.73. The highest BCUT2D eigenvalue weighted by Crippen LogP contribution is 2.29. The maximum atomic E-state index is 13.3. The largest absolute Gasteiger partial charge is 0.438 e. The number of carbonyl (C=O) groups is 1. The van der Waals surface area contributed by atoms with Gasteiger partial charge in [-0.15, -0.1) is 0 Å². The summed E-state index contributed by atoms with van der Waals surface area (Å²) in [4.78, 5) is 11.3. The van der Waals surface area contributed by atoms with E-state index in [1.165, 1.54) is 16.8 Å². The summed E-state index contributed by atoms with van der Waals surface area (Å²) in [5.74, 6) is 0.164. The van der Waals surface area contributed by atoms with Crippen molar-refractivity contribution >= 4 is 6.29 Å². The van der Waals surface area contributed by atoms with Gasteiger partial charge in [-0.05, 0) is 31.2 Å². The molecule has 2 aromatic carbocycles. The zero-order valence-corrected chi connectivity index (χ0v) is 11.9. The molecule has 0 atom stereocenters. The second kappa shape index (κ2) is 5.81. The molecule has 0 unspecified atom stereocenters. The summed E-state index contributed by atoms with van der Waals surface area (Å²) >= 11 is 0. The van der Waals surface area contributed by atoms with Crippen molar-refractivity contribution in [1.82, 2.24) is 9.78 Å². The van der Waals surface area contributed by atoms with Crippen LogP contribution in [0.25, 0.3) is 5.69 Å². The first-order chi connectivity index (χ1) is 10.7. The number of aryl methyl sites for hydroxylation is 1. The second-order valence-corrected chi connectivity index (χ2v) is 4.73. The van der Waals surface area contributed by atoms with Crippen LogP contribution in [0, 0.1) is 12.7 Å². The molecule has 1 aromatic heterocycles. The van der Waals surface area contributed by atoms with Crippen LogP contribution in [-0.4, -0.2) is 16.1 Å². The Bertz CT molecular complexity index is 813. The Labute approximate surface area is 126 Å². The normalized spacial score (nSPS) is 10.5. The van der Waals surface area contributed by atoms with Crippen molar-refractivity contribution in [2.75, 3.05) is 0 Å². The van der Waals surface area contributed by atoms with Gasteiger partial charge in [0.15, 0.2) is 6.29 Å². The third-order valence-corrected chi connectivity index (χ3v) is 3.19. The number of carbonyl (C=O) groups excluding carboxylic acids is 1. The number of aromatic nitrogens is 2. The van der Waals surface area contributed by atoms with Gasteiger partial charge in [-0.2, -0.15) is 9.78 Å². The molecule has 0 bridgehead atoms. The molecule has 0 N–H and O–H groups in total. The van der Waals surface area contributed by atoms with Gasteiger partial charge in [-0.25, -0.2) is 4.39 Å². The lowest BCUT2D eigenvalue weighted by atomic mass is 10.2. The van der Waals surface area contributed by atoms with Gasteiger partial charge in [0.2, 0.25) is 5.88 Å². The van der Waals surface area contributed by atoms with Crippen LogP contribution in [0.2, 0.25) is 0 Å². The number of halogens is 1. The Morgan fingerprint density at radius 1 is 1.14 bits per heavy atom. The number of para-hydroxylation sites is 1. The lowest BCUT2D eigenvalue weighted by Crippen LogP contribution is -2.00. The zero-order chi connectivity index (χ0) is 15.5. The fourth-order valence-electron chi connectivity index (χ4n) is 2.14. The first kappa shape index (κ1) is 14.0. The zero-order valence-electron chi connectivity index (χ0n) is 11.9. The molecule has 0 amide bonds. The number of ether oxygens (including phenoxy) is 1. The van der Waals surface area contributed by atoms with Crippen molar-refractivity contribution in [2.24, 2.45) is 0 Å². The molecule has 0 aliphatic carbocycles. The molecule has 110 valence electrons. The van der Waals surface area contributed by atoms with E-state index in [9.17, 15) is 9.18 Å². The minimum absolute atomic E-state index is 0.268. The summed E-state index contributed by atoms with van der Waals surface area (Å²) in [6.45, 7) is 1.72. The smallest absolute Gasteiger partial charge is 0.233 e. The maximum absolute atomic E-state index is 13.3. The van der Waals surface area contributed by atoms with E-state index in [4.69, 9.17) is 4.74 Å². The molecular weight excluding hydrogens is 283 g/mol. The third kappa shape index (κ3) is 2.61. The van der Waals surface area contributed by atoms with Crippen molar-refractivity contribution in [3.05, 3.63) is 71.7 Å². The van der Waals surface area contributed by atoms with E-state index in [1.807, 2.05) is 30.3 Å². The van der Waals surface area contributed by atoms with Crippen LogP contribution in [0.5, 0.6) is 11.6 Å². The lowest BCUT2D eigenvalue weighted by molar-refractivity contribution is 0.112. The molecule has 0 saturated carbocycles. The van der Waals surface area contributed by atoms with Crippen LogP contribution in [-0.2, 0) is 0 Å². The number of rotatable bonds is 4. The number of hydrogen-bond acceptors (Lipinski definition) is 3. The van der Waals surface area contributed by atoms with Crippen LogP contribution in [0.4, 0.5) is 4.39 Å². The van der Waals surface area contributed by atoms with E-state index in [0.717, 1.165) is 5.69 Å². The van der Waals surface area contributed by atoms with Crippen LogP contribution < -0.4 is 4.74 Å². The van der Waals surface area contributed by atoms with E-state index in [1.54, 1.807) is 19.1 Å². The highest BCUT2D eigenvalue weighted by Gasteiger charge is 2.18. The number of hydrogen-bond donors (Lipinski definition) is 0. The summed E-state index contributed by atoms with van der Waals surface area (Å²) in [6, 6.07) is 15.0. The lowest BCUT2D eigenvalue weighted by Gasteiger charge is -2.09. The van der Waals surface area contributed by atoms with Crippen molar-refractivity contribution in [1.29, 1.82) is 0 Å². The van der Waals surface area contributed by atoms with Gasteiger partial charge in [0.1, 0.15) is 11.6 Å². The van der Waals surface area contributed by atoms with Crippen molar-refractivity contribution in [3.63, 3.8) is 0 Å². The van der Waals surface area contributed by atoms with Gasteiger partial charge < -0.3 is 4.74 Å². The summed E-state index contributed by atoms with van der Waals surface area (Å²) < 4.78 is 20.6. The van der Waals surface area contributed by atoms with Crippen molar-refractivity contribution in [3.8, 4) is 17.3 Å². The van der Waals surface area contributed by atoms with E-state index in [2.05, 4.69) is 5.10 Å². The molecule has 22 heavy (non-hydrogen) atoms. The molecule has 3 aromatic rings. The highest BCUT2D eigenvalue weighted by atomic mass is 19.1. The minimum atomic E-state index is -0.410. The predicted molar refractivity (Wildman–Crippen MR) is 80.2 cm³/mol. The Kier molecular flexibility index (Phi) is 3.70. The van der Waals surface area contributed by atoms with Gasteiger partial charge in [-0.1, -0.05) is 24.3 Å². The van der Waals surface area contributed by atoms with Gasteiger partial charge in [0, 0.05) is 6.07 Å². The summed E-state index contributed by atoms with van der Waals surface area (Å²) in [5, 5.41) is 4.34. The monoisotopic (exact) mass is 296 g/mol. The van der Waals surface area contributed by atoms with E-state index >= 15 is 0 Å². The van der Waals surface area contributed by atoms with E-state index < -0.39 is 5.82 Å². The Morgan fingerprint density at radius 2 is 1.91 bits per heavy atom. The highest BCUT2D eigenvalue weighted by molar-refractivity contribution is 5.80. The van der Waals surface area contributed by atoms with Crippen LogP contribution >= 0.6 is 0 Å². The first-order valence-electron chi connectivity index (χ1n) is 6.72.